The third-order valence-corrected chi connectivity index (χ3v) is 3.49. The van der Waals surface area contributed by atoms with Crippen molar-refractivity contribution in [3.8, 4) is 0 Å². The van der Waals surface area contributed by atoms with E-state index in [9.17, 15) is 9.59 Å². The Kier molecular flexibility index (Phi) is 3.92. The summed E-state index contributed by atoms with van der Waals surface area (Å²) in [5.41, 5.74) is 1.43. The number of nitrogens with zero attached hydrogens (tertiary/aromatic N) is 3. The summed E-state index contributed by atoms with van der Waals surface area (Å²) in [6.07, 6.45) is 3.79. The van der Waals surface area contributed by atoms with Crippen LogP contribution in [0.4, 0.5) is 5.69 Å². The summed E-state index contributed by atoms with van der Waals surface area (Å²) in [6.45, 7) is 4.82. The van der Waals surface area contributed by atoms with E-state index < -0.39 is 0 Å². The van der Waals surface area contributed by atoms with Crippen molar-refractivity contribution in [3.05, 3.63) is 32.6 Å². The van der Waals surface area contributed by atoms with Crippen LogP contribution in [0.5, 0.6) is 0 Å². The standard InChI is InChI=1S/C14H20N4O2/c1-5-6-7-15-11-9(2)8-16-12-10(11)13(19)18(4)14(20)17(12)3/h8H,5-7H2,1-4H3,(H,15,16). The third kappa shape index (κ3) is 2.21. The number of anilines is 1. The normalized spacial score (nSPS) is 11.0. The molecule has 6 nitrogen and oxygen atoms in total. The second-order valence-electron chi connectivity index (χ2n) is 5.00. The van der Waals surface area contributed by atoms with Gasteiger partial charge >= 0.3 is 5.69 Å². The smallest absolute Gasteiger partial charge is 0.332 e. The molecular formula is C14H20N4O2. The van der Waals surface area contributed by atoms with Crippen molar-refractivity contribution >= 4 is 16.7 Å². The lowest BCUT2D eigenvalue weighted by molar-refractivity contribution is 0.707. The molecule has 0 fully saturated rings. The molecule has 0 aliphatic carbocycles. The van der Waals surface area contributed by atoms with Crippen molar-refractivity contribution in [2.24, 2.45) is 14.1 Å². The molecule has 0 saturated carbocycles. The lowest BCUT2D eigenvalue weighted by Gasteiger charge is -2.14. The summed E-state index contributed by atoms with van der Waals surface area (Å²) in [7, 11) is 3.12. The number of nitrogens with one attached hydrogen (secondary N) is 1. The first-order valence-corrected chi connectivity index (χ1v) is 6.78. The van der Waals surface area contributed by atoms with E-state index in [1.54, 1.807) is 13.2 Å². The average Bonchev–Trinajstić information content (AvgIpc) is 2.44. The van der Waals surface area contributed by atoms with Gasteiger partial charge in [-0.1, -0.05) is 13.3 Å². The lowest BCUT2D eigenvalue weighted by atomic mass is 10.2. The van der Waals surface area contributed by atoms with Crippen molar-refractivity contribution in [2.75, 3.05) is 11.9 Å². The van der Waals surface area contributed by atoms with Crippen LogP contribution in [0.3, 0.4) is 0 Å². The predicted octanol–water partition coefficient (Wildman–Crippen LogP) is 1.15. The van der Waals surface area contributed by atoms with Crippen LogP contribution in [0, 0.1) is 6.92 Å². The number of hydrogen-bond acceptors (Lipinski definition) is 4. The number of hydrogen-bond donors (Lipinski definition) is 1. The molecule has 2 heterocycles. The topological polar surface area (TPSA) is 68.9 Å². The van der Waals surface area contributed by atoms with E-state index >= 15 is 0 Å². The van der Waals surface area contributed by atoms with E-state index in [0.29, 0.717) is 11.0 Å². The minimum Gasteiger partial charge on any atom is -0.384 e. The van der Waals surface area contributed by atoms with Gasteiger partial charge in [0.2, 0.25) is 0 Å². The van der Waals surface area contributed by atoms with Crippen molar-refractivity contribution in [1.82, 2.24) is 14.1 Å². The van der Waals surface area contributed by atoms with Crippen LogP contribution in [0.25, 0.3) is 11.0 Å². The van der Waals surface area contributed by atoms with Crippen LogP contribution in [0.2, 0.25) is 0 Å². The first kappa shape index (κ1) is 14.3. The van der Waals surface area contributed by atoms with Crippen LogP contribution in [0.15, 0.2) is 15.8 Å². The van der Waals surface area contributed by atoms with Crippen LogP contribution in [-0.4, -0.2) is 20.7 Å². The van der Waals surface area contributed by atoms with Gasteiger partial charge in [0.25, 0.3) is 5.56 Å². The van der Waals surface area contributed by atoms with Gasteiger partial charge in [-0.25, -0.2) is 9.78 Å². The van der Waals surface area contributed by atoms with Gasteiger partial charge in [0.15, 0.2) is 5.65 Å². The van der Waals surface area contributed by atoms with E-state index in [1.807, 2.05) is 6.92 Å². The number of aromatic nitrogens is 3. The Morgan fingerprint density at radius 3 is 2.60 bits per heavy atom. The molecule has 6 heteroatoms. The molecule has 0 aliphatic heterocycles. The molecule has 2 aromatic heterocycles. The van der Waals surface area contributed by atoms with Crippen molar-refractivity contribution < 1.29 is 0 Å². The van der Waals surface area contributed by atoms with Gasteiger partial charge in [0, 0.05) is 26.8 Å². The molecule has 2 rings (SSSR count). The van der Waals surface area contributed by atoms with E-state index in [-0.39, 0.29) is 11.2 Å². The second kappa shape index (κ2) is 5.48. The fourth-order valence-electron chi connectivity index (χ4n) is 2.24. The van der Waals surface area contributed by atoms with Crippen molar-refractivity contribution in [3.63, 3.8) is 0 Å². The molecule has 0 aliphatic rings. The monoisotopic (exact) mass is 276 g/mol. The Hall–Kier alpha value is -2.11. The summed E-state index contributed by atoms with van der Waals surface area (Å²) in [6, 6.07) is 0. The Morgan fingerprint density at radius 2 is 1.95 bits per heavy atom. The number of fused-ring (bicyclic) bond motifs is 1. The van der Waals surface area contributed by atoms with Crippen LogP contribution in [-0.2, 0) is 14.1 Å². The molecule has 20 heavy (non-hydrogen) atoms. The zero-order chi connectivity index (χ0) is 14.9. The van der Waals surface area contributed by atoms with Gasteiger partial charge in [-0.3, -0.25) is 13.9 Å². The Labute approximate surface area is 117 Å². The van der Waals surface area contributed by atoms with Crippen molar-refractivity contribution in [2.45, 2.75) is 26.7 Å². The molecule has 0 radical (unpaired) electrons. The quantitative estimate of drug-likeness (QED) is 0.851. The van der Waals surface area contributed by atoms with E-state index in [0.717, 1.165) is 35.2 Å². The Balaban J connectivity index is 2.77. The summed E-state index contributed by atoms with van der Waals surface area (Å²) >= 11 is 0. The van der Waals surface area contributed by atoms with Gasteiger partial charge in [0.05, 0.1) is 5.69 Å². The molecule has 0 saturated heterocycles. The maximum Gasteiger partial charge on any atom is 0.332 e. The summed E-state index contributed by atoms with van der Waals surface area (Å²) in [5.74, 6) is 0. The molecule has 0 unspecified atom stereocenters. The zero-order valence-corrected chi connectivity index (χ0v) is 12.4. The molecule has 1 N–H and O–H groups in total. The number of unbranched alkanes of at least 4 members (excludes halogenated alkanes) is 1. The average molecular weight is 276 g/mol. The minimum atomic E-state index is -0.363. The van der Waals surface area contributed by atoms with E-state index in [4.69, 9.17) is 0 Å². The van der Waals surface area contributed by atoms with Crippen molar-refractivity contribution in [1.29, 1.82) is 0 Å². The molecule has 108 valence electrons. The highest BCUT2D eigenvalue weighted by molar-refractivity contribution is 5.89. The van der Waals surface area contributed by atoms with Gasteiger partial charge in [-0.15, -0.1) is 0 Å². The summed E-state index contributed by atoms with van der Waals surface area (Å²) in [5, 5.41) is 3.78. The second-order valence-corrected chi connectivity index (χ2v) is 5.00. The SMILES string of the molecule is CCCCNc1c(C)cnc2c1c(=O)n(C)c(=O)n2C. The summed E-state index contributed by atoms with van der Waals surface area (Å²) in [4.78, 5) is 28.5. The fourth-order valence-corrected chi connectivity index (χ4v) is 2.24. The molecule has 0 atom stereocenters. The van der Waals surface area contributed by atoms with E-state index in [2.05, 4.69) is 17.2 Å². The van der Waals surface area contributed by atoms with Gasteiger partial charge in [-0.2, -0.15) is 0 Å². The minimum absolute atomic E-state index is 0.307. The number of aryl methyl sites for hydroxylation is 2. The predicted molar refractivity (Wildman–Crippen MR) is 80.4 cm³/mol. The third-order valence-electron chi connectivity index (χ3n) is 3.49. The first-order chi connectivity index (χ1) is 9.49. The maximum atomic E-state index is 12.4. The Bertz CT molecular complexity index is 758. The molecule has 0 amide bonds. The number of pyridine rings is 1. The first-order valence-electron chi connectivity index (χ1n) is 6.78. The summed E-state index contributed by atoms with van der Waals surface area (Å²) < 4.78 is 2.52. The van der Waals surface area contributed by atoms with Gasteiger partial charge in [-0.05, 0) is 18.9 Å². The van der Waals surface area contributed by atoms with Gasteiger partial charge in [0.1, 0.15) is 5.39 Å². The maximum absolute atomic E-state index is 12.4. The number of rotatable bonds is 4. The fraction of sp³-hybridized carbons (Fsp3) is 0.500. The molecule has 0 aromatic carbocycles. The highest BCUT2D eigenvalue weighted by atomic mass is 16.2. The molecule has 0 bridgehead atoms. The molecule has 2 aromatic rings. The largest absolute Gasteiger partial charge is 0.384 e. The molecule has 0 spiro atoms. The highest BCUT2D eigenvalue weighted by Gasteiger charge is 2.15. The lowest BCUT2D eigenvalue weighted by Crippen LogP contribution is -2.37. The Morgan fingerprint density at radius 1 is 1.25 bits per heavy atom. The van der Waals surface area contributed by atoms with Crippen LogP contribution in [0.1, 0.15) is 25.3 Å². The van der Waals surface area contributed by atoms with Gasteiger partial charge < -0.3 is 5.32 Å². The molecular weight excluding hydrogens is 256 g/mol. The van der Waals surface area contributed by atoms with Crippen LogP contribution < -0.4 is 16.6 Å². The highest BCUT2D eigenvalue weighted by Crippen LogP contribution is 2.21. The zero-order valence-electron chi connectivity index (χ0n) is 12.4. The van der Waals surface area contributed by atoms with E-state index in [1.165, 1.54) is 11.6 Å². The van der Waals surface area contributed by atoms with Crippen LogP contribution >= 0.6 is 0 Å².